The molecule has 4 N–H and O–H groups in total. The van der Waals surface area contributed by atoms with Crippen molar-refractivity contribution in [2.24, 2.45) is 10.8 Å². The predicted octanol–water partition coefficient (Wildman–Crippen LogP) is 2.86. The minimum absolute atomic E-state index is 0.240. The number of nitriles is 1. The molecule has 0 heterocycles. The second kappa shape index (κ2) is 6.45. The van der Waals surface area contributed by atoms with Gasteiger partial charge in [0.1, 0.15) is 17.7 Å². The number of rotatable bonds is 4. The van der Waals surface area contributed by atoms with Gasteiger partial charge in [-0.2, -0.15) is 10.4 Å². The molecule has 0 saturated heterocycles. The Morgan fingerprint density at radius 2 is 1.68 bits per heavy atom. The van der Waals surface area contributed by atoms with Gasteiger partial charge in [0, 0.05) is 6.07 Å². The SMILES string of the molecule is N#C/C(=N\Nc1ccc(-c2cc(F)cc(F)c2)cc1)C(=N)N. The summed E-state index contributed by atoms with van der Waals surface area (Å²) in [6.07, 6.45) is 0. The summed E-state index contributed by atoms with van der Waals surface area (Å²) >= 11 is 0. The highest BCUT2D eigenvalue weighted by molar-refractivity contribution is 6.45. The number of anilines is 1. The van der Waals surface area contributed by atoms with E-state index in [1.807, 2.05) is 0 Å². The Morgan fingerprint density at radius 1 is 1.09 bits per heavy atom. The van der Waals surface area contributed by atoms with Gasteiger partial charge in [0.25, 0.3) is 0 Å². The van der Waals surface area contributed by atoms with Gasteiger partial charge in [0.2, 0.25) is 5.71 Å². The lowest BCUT2D eigenvalue weighted by Crippen LogP contribution is -2.21. The maximum Gasteiger partial charge on any atom is 0.201 e. The van der Waals surface area contributed by atoms with E-state index in [-0.39, 0.29) is 5.71 Å². The number of nitrogens with one attached hydrogen (secondary N) is 2. The summed E-state index contributed by atoms with van der Waals surface area (Å²) in [5.74, 6) is -1.74. The lowest BCUT2D eigenvalue weighted by atomic mass is 10.1. The third kappa shape index (κ3) is 3.64. The van der Waals surface area contributed by atoms with Crippen LogP contribution in [-0.2, 0) is 0 Å². The van der Waals surface area contributed by atoms with Crippen LogP contribution in [0.25, 0.3) is 11.1 Å². The van der Waals surface area contributed by atoms with Crippen LogP contribution in [0.4, 0.5) is 14.5 Å². The smallest absolute Gasteiger partial charge is 0.201 e. The minimum Gasteiger partial charge on any atom is -0.382 e. The molecule has 0 aliphatic rings. The molecule has 0 saturated carbocycles. The normalized spacial score (nSPS) is 10.9. The van der Waals surface area contributed by atoms with E-state index in [1.165, 1.54) is 12.1 Å². The lowest BCUT2D eigenvalue weighted by molar-refractivity contribution is 0.584. The molecule has 0 amide bonds. The van der Waals surface area contributed by atoms with Crippen LogP contribution in [0, 0.1) is 28.4 Å². The summed E-state index contributed by atoms with van der Waals surface area (Å²) in [7, 11) is 0. The molecule has 0 fully saturated rings. The van der Waals surface area contributed by atoms with Crippen molar-refractivity contribution in [2.75, 3.05) is 5.43 Å². The Morgan fingerprint density at radius 3 is 2.18 bits per heavy atom. The molecule has 2 aromatic rings. The van der Waals surface area contributed by atoms with E-state index in [0.717, 1.165) is 6.07 Å². The van der Waals surface area contributed by atoms with Crippen LogP contribution in [-0.4, -0.2) is 11.5 Å². The Hall–Kier alpha value is -3.27. The first kappa shape index (κ1) is 15.1. The highest BCUT2D eigenvalue weighted by Crippen LogP contribution is 2.23. The maximum absolute atomic E-state index is 13.2. The zero-order valence-electron chi connectivity index (χ0n) is 11.3. The summed E-state index contributed by atoms with van der Waals surface area (Å²) in [5, 5.41) is 19.5. The van der Waals surface area contributed by atoms with Crippen LogP contribution in [0.3, 0.4) is 0 Å². The number of hydrazone groups is 1. The molecule has 0 atom stereocenters. The number of amidine groups is 1. The average Bonchev–Trinajstić information content (AvgIpc) is 2.47. The van der Waals surface area contributed by atoms with Crippen LogP contribution in [0.1, 0.15) is 0 Å². The van der Waals surface area contributed by atoms with Gasteiger partial charge in [-0.3, -0.25) is 10.8 Å². The van der Waals surface area contributed by atoms with E-state index < -0.39 is 17.5 Å². The van der Waals surface area contributed by atoms with E-state index in [2.05, 4.69) is 10.5 Å². The second-order valence-corrected chi connectivity index (χ2v) is 4.33. The third-order valence-electron chi connectivity index (χ3n) is 2.74. The zero-order valence-corrected chi connectivity index (χ0v) is 11.3. The Labute approximate surface area is 125 Å². The van der Waals surface area contributed by atoms with Crippen molar-refractivity contribution in [3.05, 3.63) is 54.1 Å². The van der Waals surface area contributed by atoms with Gasteiger partial charge in [-0.15, -0.1) is 0 Å². The van der Waals surface area contributed by atoms with Gasteiger partial charge < -0.3 is 5.73 Å². The van der Waals surface area contributed by atoms with Crippen molar-refractivity contribution in [3.63, 3.8) is 0 Å². The molecule has 2 aromatic carbocycles. The van der Waals surface area contributed by atoms with Crippen LogP contribution in [0.15, 0.2) is 47.6 Å². The molecular weight excluding hydrogens is 288 g/mol. The van der Waals surface area contributed by atoms with Crippen LogP contribution < -0.4 is 11.2 Å². The first-order chi connectivity index (χ1) is 10.5. The molecule has 0 spiro atoms. The quantitative estimate of drug-likeness (QED) is 0.460. The van der Waals surface area contributed by atoms with Gasteiger partial charge in [-0.25, -0.2) is 8.78 Å². The van der Waals surface area contributed by atoms with Crippen molar-refractivity contribution in [3.8, 4) is 17.2 Å². The van der Waals surface area contributed by atoms with Crippen LogP contribution >= 0.6 is 0 Å². The summed E-state index contributed by atoms with van der Waals surface area (Å²) in [4.78, 5) is 0. The zero-order chi connectivity index (χ0) is 16.1. The van der Waals surface area contributed by atoms with Crippen molar-refractivity contribution in [1.82, 2.24) is 0 Å². The molecular formula is C15H11F2N5. The summed E-state index contributed by atoms with van der Waals surface area (Å²) in [6, 6.07) is 11.5. The Kier molecular flexibility index (Phi) is 4.44. The molecule has 7 heteroatoms. The molecule has 0 aliphatic heterocycles. The molecule has 0 bridgehead atoms. The van der Waals surface area contributed by atoms with E-state index in [4.69, 9.17) is 16.4 Å². The fraction of sp³-hybridized carbons (Fsp3) is 0. The molecule has 22 heavy (non-hydrogen) atoms. The third-order valence-corrected chi connectivity index (χ3v) is 2.74. The van der Waals surface area contributed by atoms with Gasteiger partial charge in [-0.1, -0.05) is 12.1 Å². The van der Waals surface area contributed by atoms with Gasteiger partial charge in [0.05, 0.1) is 5.69 Å². The number of nitrogens with two attached hydrogens (primary N) is 1. The molecule has 0 aliphatic carbocycles. The minimum atomic E-state index is -0.651. The summed E-state index contributed by atoms with van der Waals surface area (Å²) < 4.78 is 26.4. The molecule has 0 unspecified atom stereocenters. The number of nitrogens with zero attached hydrogens (tertiary/aromatic N) is 2. The van der Waals surface area contributed by atoms with Crippen molar-refractivity contribution < 1.29 is 8.78 Å². The molecule has 0 radical (unpaired) electrons. The number of hydrogen-bond acceptors (Lipinski definition) is 4. The lowest BCUT2D eigenvalue weighted by Gasteiger charge is -2.05. The van der Waals surface area contributed by atoms with E-state index in [1.54, 1.807) is 30.3 Å². The van der Waals surface area contributed by atoms with Crippen molar-refractivity contribution in [2.45, 2.75) is 0 Å². The van der Waals surface area contributed by atoms with E-state index in [9.17, 15) is 8.78 Å². The first-order valence-corrected chi connectivity index (χ1v) is 6.14. The molecule has 110 valence electrons. The largest absolute Gasteiger partial charge is 0.382 e. The predicted molar refractivity (Wildman–Crippen MR) is 80.4 cm³/mol. The first-order valence-electron chi connectivity index (χ1n) is 6.14. The highest BCUT2D eigenvalue weighted by Gasteiger charge is 2.04. The van der Waals surface area contributed by atoms with Gasteiger partial charge >= 0.3 is 0 Å². The Bertz CT molecular complexity index is 755. The number of halogens is 2. The fourth-order valence-electron chi connectivity index (χ4n) is 1.72. The summed E-state index contributed by atoms with van der Waals surface area (Å²) in [5.41, 5.74) is 9.07. The van der Waals surface area contributed by atoms with Crippen molar-refractivity contribution in [1.29, 1.82) is 10.7 Å². The van der Waals surface area contributed by atoms with E-state index >= 15 is 0 Å². The maximum atomic E-state index is 13.2. The van der Waals surface area contributed by atoms with Crippen molar-refractivity contribution >= 4 is 17.2 Å². The second-order valence-electron chi connectivity index (χ2n) is 4.33. The van der Waals surface area contributed by atoms with Crippen LogP contribution in [0.2, 0.25) is 0 Å². The molecule has 5 nitrogen and oxygen atoms in total. The standard InChI is InChI=1S/C15H11F2N5/c16-11-5-10(6-12(17)7-11)9-1-3-13(4-2-9)21-22-14(8-18)15(19)20/h1-7,21H,(H3,19,20)/b22-14+. The number of hydrogen-bond donors (Lipinski definition) is 3. The van der Waals surface area contributed by atoms with Crippen LogP contribution in [0.5, 0.6) is 0 Å². The van der Waals surface area contributed by atoms with E-state index in [0.29, 0.717) is 16.8 Å². The van der Waals surface area contributed by atoms with Gasteiger partial charge in [-0.05, 0) is 35.4 Å². The average molecular weight is 299 g/mol. The monoisotopic (exact) mass is 299 g/mol. The topological polar surface area (TPSA) is 98.0 Å². The number of benzene rings is 2. The fourth-order valence-corrected chi connectivity index (χ4v) is 1.72. The Balaban J connectivity index is 2.20. The highest BCUT2D eigenvalue weighted by atomic mass is 19.1. The molecule has 0 aromatic heterocycles. The van der Waals surface area contributed by atoms with Gasteiger partial charge in [0.15, 0.2) is 5.84 Å². The molecule has 2 rings (SSSR count). The summed E-state index contributed by atoms with van der Waals surface area (Å²) in [6.45, 7) is 0.